The normalized spacial score (nSPS) is 15.2. The average Bonchev–Trinajstić information content (AvgIpc) is 3.52. The van der Waals surface area contributed by atoms with Crippen molar-refractivity contribution in [3.05, 3.63) is 65.7 Å². The molecule has 0 radical (unpaired) electrons. The zero-order chi connectivity index (χ0) is 28.6. The van der Waals surface area contributed by atoms with Gasteiger partial charge in [0.15, 0.2) is 0 Å². The molecule has 5 heteroatoms. The first kappa shape index (κ1) is 29.2. The molecule has 218 valence electrons. The molecule has 1 heterocycles. The summed E-state index contributed by atoms with van der Waals surface area (Å²) in [7, 11) is 0. The van der Waals surface area contributed by atoms with Crippen molar-refractivity contribution in [2.24, 2.45) is 5.92 Å². The van der Waals surface area contributed by atoms with Crippen molar-refractivity contribution < 1.29 is 14.3 Å². The zero-order valence-electron chi connectivity index (χ0n) is 25.0. The lowest BCUT2D eigenvalue weighted by atomic mass is 9.92. The smallest absolute Gasteiger partial charge is 0.265 e. The molecule has 0 atom stereocenters. The van der Waals surface area contributed by atoms with Crippen LogP contribution in [0.2, 0.25) is 0 Å². The van der Waals surface area contributed by atoms with E-state index < -0.39 is 0 Å². The van der Waals surface area contributed by atoms with E-state index in [1.165, 1.54) is 69.1 Å². The van der Waals surface area contributed by atoms with Gasteiger partial charge in [-0.25, -0.2) is 4.90 Å². The van der Waals surface area contributed by atoms with Crippen LogP contribution in [0, 0.1) is 5.92 Å². The quantitative estimate of drug-likeness (QED) is 0.139. The Morgan fingerprint density at radius 1 is 0.756 bits per heavy atom. The number of nitrogens with zero attached hydrogens (tertiary/aromatic N) is 2. The molecule has 0 saturated heterocycles. The molecule has 5 rings (SSSR count). The molecule has 0 spiro atoms. The Hall–Kier alpha value is -3.34. The summed E-state index contributed by atoms with van der Waals surface area (Å²) in [4.78, 5) is 31.5. The number of carbonyl (C=O) groups excluding carboxylic acids is 2. The lowest BCUT2D eigenvalue weighted by Gasteiger charge is -2.31. The summed E-state index contributed by atoms with van der Waals surface area (Å²) in [5.41, 5.74) is 2.90. The molecule has 0 bridgehead atoms. The largest absolute Gasteiger partial charge is 0.493 e. The molecule has 3 aromatic carbocycles. The SMILES string of the molecule is CCCCCCN(CCCCCC)c1ccc2c3c(cccc13)C(=O)N(c1ccc(OCC3CCCC3)cc1)C2=O. The average molecular weight is 555 g/mol. The molecule has 1 saturated carbocycles. The third kappa shape index (κ3) is 6.60. The van der Waals surface area contributed by atoms with E-state index in [1.807, 2.05) is 42.5 Å². The van der Waals surface area contributed by atoms with Crippen LogP contribution in [0.3, 0.4) is 0 Å². The number of amides is 2. The molecule has 0 aromatic heterocycles. The number of benzene rings is 3. The molecule has 1 aliphatic heterocycles. The van der Waals surface area contributed by atoms with Gasteiger partial charge in [-0.3, -0.25) is 9.59 Å². The van der Waals surface area contributed by atoms with Crippen LogP contribution in [0.5, 0.6) is 5.75 Å². The molecule has 41 heavy (non-hydrogen) atoms. The van der Waals surface area contributed by atoms with Gasteiger partial charge in [-0.15, -0.1) is 0 Å². The molecule has 3 aromatic rings. The Labute approximate surface area is 245 Å². The number of anilines is 2. The Bertz CT molecular complexity index is 1290. The molecule has 0 unspecified atom stereocenters. The van der Waals surface area contributed by atoms with E-state index in [1.54, 1.807) is 0 Å². The van der Waals surface area contributed by atoms with Gasteiger partial charge in [0.2, 0.25) is 0 Å². The van der Waals surface area contributed by atoms with Gasteiger partial charge in [0.05, 0.1) is 12.3 Å². The molecular weight excluding hydrogens is 508 g/mol. The van der Waals surface area contributed by atoms with E-state index in [-0.39, 0.29) is 11.8 Å². The van der Waals surface area contributed by atoms with Crippen molar-refractivity contribution >= 4 is 34.0 Å². The second kappa shape index (κ2) is 14.0. The standard InChI is InChI=1S/C36H46N2O3/c1-3-5-7-11-24-37(25-12-8-6-4-2)33-23-22-32-34-30(33)16-13-17-31(34)35(39)38(36(32)40)28-18-20-29(21-19-28)41-26-27-14-9-10-15-27/h13,16-23,27H,3-12,14-15,24-26H2,1-2H3. The number of hydrogen-bond donors (Lipinski definition) is 0. The summed E-state index contributed by atoms with van der Waals surface area (Å²) in [5.74, 6) is 0.887. The van der Waals surface area contributed by atoms with Gasteiger partial charge in [-0.1, -0.05) is 77.3 Å². The van der Waals surface area contributed by atoms with Crippen molar-refractivity contribution in [1.29, 1.82) is 0 Å². The molecule has 2 amide bonds. The number of rotatable bonds is 15. The predicted octanol–water partition coefficient (Wildman–Crippen LogP) is 9.18. The molecular formula is C36H46N2O3. The van der Waals surface area contributed by atoms with E-state index in [0.717, 1.165) is 54.7 Å². The predicted molar refractivity (Wildman–Crippen MR) is 169 cm³/mol. The van der Waals surface area contributed by atoms with Crippen LogP contribution in [-0.4, -0.2) is 31.5 Å². The maximum absolute atomic E-state index is 13.8. The van der Waals surface area contributed by atoms with Crippen LogP contribution in [0.15, 0.2) is 54.6 Å². The maximum Gasteiger partial charge on any atom is 0.265 e. The first-order valence-corrected chi connectivity index (χ1v) is 16.0. The third-order valence-electron chi connectivity index (χ3n) is 8.84. The lowest BCUT2D eigenvalue weighted by molar-refractivity contribution is 0.0893. The first-order chi connectivity index (χ1) is 20.1. The van der Waals surface area contributed by atoms with E-state index >= 15 is 0 Å². The second-order valence-electron chi connectivity index (χ2n) is 11.9. The van der Waals surface area contributed by atoms with Gasteiger partial charge in [-0.05, 0) is 74.1 Å². The monoisotopic (exact) mass is 554 g/mol. The Kier molecular flexibility index (Phi) is 9.97. The summed E-state index contributed by atoms with van der Waals surface area (Å²) in [5, 5.41) is 1.79. The molecule has 1 aliphatic carbocycles. The topological polar surface area (TPSA) is 49.9 Å². The highest BCUT2D eigenvalue weighted by Gasteiger charge is 2.35. The minimum atomic E-state index is -0.262. The minimum Gasteiger partial charge on any atom is -0.493 e. The van der Waals surface area contributed by atoms with Crippen LogP contribution >= 0.6 is 0 Å². The van der Waals surface area contributed by atoms with Gasteiger partial charge in [0.25, 0.3) is 11.8 Å². The van der Waals surface area contributed by atoms with E-state index in [4.69, 9.17) is 4.74 Å². The Balaban J connectivity index is 1.39. The fourth-order valence-electron chi connectivity index (χ4n) is 6.49. The molecule has 1 fully saturated rings. The van der Waals surface area contributed by atoms with Crippen LogP contribution in [0.4, 0.5) is 11.4 Å². The van der Waals surface area contributed by atoms with Gasteiger partial charge in [-0.2, -0.15) is 0 Å². The molecule has 5 nitrogen and oxygen atoms in total. The summed E-state index contributed by atoms with van der Waals surface area (Å²) in [6.45, 7) is 7.20. The van der Waals surface area contributed by atoms with Crippen molar-refractivity contribution in [1.82, 2.24) is 0 Å². The number of unbranched alkanes of at least 4 members (excludes halogenated alkanes) is 6. The summed E-state index contributed by atoms with van der Waals surface area (Å²) in [6, 6.07) is 17.3. The van der Waals surface area contributed by atoms with E-state index in [0.29, 0.717) is 22.7 Å². The van der Waals surface area contributed by atoms with Gasteiger partial charge in [0.1, 0.15) is 5.75 Å². The fourth-order valence-corrected chi connectivity index (χ4v) is 6.49. The highest BCUT2D eigenvalue weighted by molar-refractivity contribution is 6.36. The van der Waals surface area contributed by atoms with Crippen molar-refractivity contribution in [3.8, 4) is 5.75 Å². The van der Waals surface area contributed by atoms with Crippen LogP contribution in [0.1, 0.15) is 112 Å². The Morgan fingerprint density at radius 3 is 2.02 bits per heavy atom. The van der Waals surface area contributed by atoms with E-state index in [2.05, 4.69) is 30.9 Å². The van der Waals surface area contributed by atoms with Crippen LogP contribution in [-0.2, 0) is 0 Å². The third-order valence-corrected chi connectivity index (χ3v) is 8.84. The number of imide groups is 1. The second-order valence-corrected chi connectivity index (χ2v) is 11.9. The molecule has 0 N–H and O–H groups in total. The van der Waals surface area contributed by atoms with Gasteiger partial charge < -0.3 is 9.64 Å². The molecule has 2 aliphatic rings. The van der Waals surface area contributed by atoms with E-state index in [9.17, 15) is 9.59 Å². The van der Waals surface area contributed by atoms with Gasteiger partial charge >= 0.3 is 0 Å². The summed E-state index contributed by atoms with van der Waals surface area (Å²) < 4.78 is 6.01. The maximum atomic E-state index is 13.8. The van der Waals surface area contributed by atoms with Crippen molar-refractivity contribution in [2.75, 3.05) is 29.5 Å². The number of carbonyl (C=O) groups is 2. The number of ether oxygens (including phenoxy) is 1. The lowest BCUT2D eigenvalue weighted by Crippen LogP contribution is -2.40. The first-order valence-electron chi connectivity index (χ1n) is 16.0. The highest BCUT2D eigenvalue weighted by Crippen LogP contribution is 2.38. The highest BCUT2D eigenvalue weighted by atomic mass is 16.5. The van der Waals surface area contributed by atoms with Crippen molar-refractivity contribution in [3.63, 3.8) is 0 Å². The Morgan fingerprint density at radius 2 is 1.39 bits per heavy atom. The zero-order valence-corrected chi connectivity index (χ0v) is 25.0. The van der Waals surface area contributed by atoms with Crippen LogP contribution in [0.25, 0.3) is 10.8 Å². The summed E-state index contributed by atoms with van der Waals surface area (Å²) >= 11 is 0. The summed E-state index contributed by atoms with van der Waals surface area (Å²) in [6.07, 6.45) is 14.7. The fraction of sp³-hybridized carbons (Fsp3) is 0.500. The van der Waals surface area contributed by atoms with Crippen molar-refractivity contribution in [2.45, 2.75) is 90.9 Å². The minimum absolute atomic E-state index is 0.262. The number of hydrogen-bond acceptors (Lipinski definition) is 4. The van der Waals surface area contributed by atoms with Crippen LogP contribution < -0.4 is 14.5 Å². The van der Waals surface area contributed by atoms with Gasteiger partial charge in [0, 0.05) is 40.7 Å².